The zero-order chi connectivity index (χ0) is 13.9. The van der Waals surface area contributed by atoms with Crippen molar-refractivity contribution in [1.29, 1.82) is 0 Å². The van der Waals surface area contributed by atoms with E-state index in [2.05, 4.69) is 9.97 Å². The van der Waals surface area contributed by atoms with Crippen molar-refractivity contribution in [3.63, 3.8) is 0 Å². The van der Waals surface area contributed by atoms with Gasteiger partial charge < -0.3 is 15.5 Å². The van der Waals surface area contributed by atoms with Crippen LogP contribution in [-0.4, -0.2) is 17.1 Å². The van der Waals surface area contributed by atoms with Crippen molar-refractivity contribution in [2.45, 2.75) is 10.6 Å². The number of nitrogens with one attached hydrogen (secondary N) is 1. The number of fused-ring (bicyclic) bond motifs is 1. The van der Waals surface area contributed by atoms with Gasteiger partial charge in [-0.3, -0.25) is 0 Å². The van der Waals surface area contributed by atoms with E-state index in [1.807, 2.05) is 42.5 Å². The molecule has 102 valence electrons. The number of methoxy groups -OCH3 is 1. The first kappa shape index (κ1) is 12.9. The van der Waals surface area contributed by atoms with Crippen LogP contribution in [0.15, 0.2) is 47.4 Å². The highest BCUT2D eigenvalue weighted by atomic mass is 32.2. The maximum Gasteiger partial charge on any atom is 0.118 e. The van der Waals surface area contributed by atoms with Crippen LogP contribution in [0.25, 0.3) is 11.0 Å². The molecule has 0 spiro atoms. The van der Waals surface area contributed by atoms with E-state index in [-0.39, 0.29) is 0 Å². The fraction of sp³-hybridized carbons (Fsp3) is 0.133. The minimum Gasteiger partial charge on any atom is -0.497 e. The first-order valence-electron chi connectivity index (χ1n) is 6.25. The quantitative estimate of drug-likeness (QED) is 0.569. The second kappa shape index (κ2) is 5.46. The molecule has 3 N–H and O–H groups in total. The van der Waals surface area contributed by atoms with Gasteiger partial charge in [-0.05, 0) is 42.5 Å². The SMILES string of the molecule is COc1ccc(SCc2nc3ccc(N)cc3[nH]2)cc1. The lowest BCUT2D eigenvalue weighted by Gasteiger charge is -2.01. The number of ether oxygens (including phenoxy) is 1. The van der Waals surface area contributed by atoms with Gasteiger partial charge in [0.15, 0.2) is 0 Å². The van der Waals surface area contributed by atoms with E-state index >= 15 is 0 Å². The van der Waals surface area contributed by atoms with Gasteiger partial charge >= 0.3 is 0 Å². The highest BCUT2D eigenvalue weighted by Gasteiger charge is 2.04. The highest BCUT2D eigenvalue weighted by molar-refractivity contribution is 7.98. The van der Waals surface area contributed by atoms with Gasteiger partial charge in [0.25, 0.3) is 0 Å². The van der Waals surface area contributed by atoms with Gasteiger partial charge in [0.05, 0.1) is 23.9 Å². The number of aromatic amines is 1. The molecule has 0 bridgehead atoms. The van der Waals surface area contributed by atoms with Crippen LogP contribution in [0.1, 0.15) is 5.82 Å². The third kappa shape index (κ3) is 2.72. The number of thioether (sulfide) groups is 1. The van der Waals surface area contributed by atoms with E-state index in [1.165, 1.54) is 4.90 Å². The number of nitrogens with two attached hydrogens (primary N) is 1. The fourth-order valence-electron chi connectivity index (χ4n) is 1.97. The Bertz CT molecular complexity index is 722. The van der Waals surface area contributed by atoms with E-state index in [0.29, 0.717) is 0 Å². The maximum atomic E-state index is 5.76. The first-order chi connectivity index (χ1) is 9.74. The number of hydrogen-bond donors (Lipinski definition) is 2. The summed E-state index contributed by atoms with van der Waals surface area (Å²) in [5, 5.41) is 0. The number of imidazole rings is 1. The number of hydrogen-bond acceptors (Lipinski definition) is 4. The van der Waals surface area contributed by atoms with Gasteiger partial charge in [-0.1, -0.05) is 0 Å². The number of rotatable bonds is 4. The van der Waals surface area contributed by atoms with Crippen LogP contribution in [0.2, 0.25) is 0 Å². The summed E-state index contributed by atoms with van der Waals surface area (Å²) in [6.45, 7) is 0. The molecule has 0 radical (unpaired) electrons. The highest BCUT2D eigenvalue weighted by Crippen LogP contribution is 2.25. The van der Waals surface area contributed by atoms with E-state index in [0.717, 1.165) is 34.0 Å². The summed E-state index contributed by atoms with van der Waals surface area (Å²) < 4.78 is 5.14. The summed E-state index contributed by atoms with van der Waals surface area (Å²) in [7, 11) is 1.67. The number of nitrogens with zero attached hydrogens (tertiary/aromatic N) is 1. The van der Waals surface area contributed by atoms with Crippen LogP contribution in [0, 0.1) is 0 Å². The molecule has 0 saturated carbocycles. The van der Waals surface area contributed by atoms with Crippen molar-refractivity contribution in [3.05, 3.63) is 48.3 Å². The van der Waals surface area contributed by atoms with Crippen LogP contribution >= 0.6 is 11.8 Å². The molecule has 3 rings (SSSR count). The summed E-state index contributed by atoms with van der Waals surface area (Å²) in [6.07, 6.45) is 0. The Balaban J connectivity index is 1.72. The van der Waals surface area contributed by atoms with Crippen LogP contribution in [0.5, 0.6) is 5.75 Å². The Morgan fingerprint density at radius 1 is 1.20 bits per heavy atom. The molecular formula is C15H15N3OS. The molecule has 5 heteroatoms. The number of nitrogen functional groups attached to an aromatic ring is 1. The van der Waals surface area contributed by atoms with Crippen LogP contribution in [-0.2, 0) is 5.75 Å². The van der Waals surface area contributed by atoms with Gasteiger partial charge in [-0.15, -0.1) is 11.8 Å². The summed E-state index contributed by atoms with van der Waals surface area (Å²) in [6, 6.07) is 13.7. The van der Waals surface area contributed by atoms with Crippen molar-refractivity contribution in [2.24, 2.45) is 0 Å². The van der Waals surface area contributed by atoms with E-state index in [4.69, 9.17) is 10.5 Å². The van der Waals surface area contributed by atoms with Gasteiger partial charge in [0.1, 0.15) is 11.6 Å². The second-order valence-electron chi connectivity index (χ2n) is 4.42. The number of H-pyrrole nitrogens is 1. The van der Waals surface area contributed by atoms with Crippen molar-refractivity contribution in [3.8, 4) is 5.75 Å². The summed E-state index contributed by atoms with van der Waals surface area (Å²) in [5.41, 5.74) is 8.44. The number of aromatic nitrogens is 2. The maximum absolute atomic E-state index is 5.76. The molecule has 0 aliphatic carbocycles. The lowest BCUT2D eigenvalue weighted by molar-refractivity contribution is 0.414. The van der Waals surface area contributed by atoms with Crippen molar-refractivity contribution in [2.75, 3.05) is 12.8 Å². The van der Waals surface area contributed by atoms with E-state index in [9.17, 15) is 0 Å². The zero-order valence-corrected chi connectivity index (χ0v) is 11.9. The Morgan fingerprint density at radius 2 is 2.00 bits per heavy atom. The van der Waals surface area contributed by atoms with Gasteiger partial charge in [-0.25, -0.2) is 4.98 Å². The molecule has 3 aromatic rings. The standard InChI is InChI=1S/C15H15N3OS/c1-19-11-3-5-12(6-4-11)20-9-15-17-13-7-2-10(16)8-14(13)18-15/h2-8H,9,16H2,1H3,(H,17,18). The molecule has 20 heavy (non-hydrogen) atoms. The Morgan fingerprint density at radius 3 is 2.75 bits per heavy atom. The third-order valence-electron chi connectivity index (χ3n) is 2.99. The lowest BCUT2D eigenvalue weighted by Crippen LogP contribution is -1.84. The average Bonchev–Trinajstić information content (AvgIpc) is 2.87. The van der Waals surface area contributed by atoms with Gasteiger partial charge in [0.2, 0.25) is 0 Å². The molecular weight excluding hydrogens is 270 g/mol. The molecule has 1 heterocycles. The van der Waals surface area contributed by atoms with Crippen LogP contribution < -0.4 is 10.5 Å². The Hall–Kier alpha value is -2.14. The molecule has 0 saturated heterocycles. The molecule has 2 aromatic carbocycles. The minimum absolute atomic E-state index is 0.746. The van der Waals surface area contributed by atoms with E-state index in [1.54, 1.807) is 18.9 Å². The van der Waals surface area contributed by atoms with Crippen molar-refractivity contribution >= 4 is 28.5 Å². The third-order valence-corrected chi connectivity index (χ3v) is 4.01. The first-order valence-corrected chi connectivity index (χ1v) is 7.24. The molecule has 0 atom stereocenters. The van der Waals surface area contributed by atoms with E-state index < -0.39 is 0 Å². The van der Waals surface area contributed by atoms with Crippen LogP contribution in [0.4, 0.5) is 5.69 Å². The van der Waals surface area contributed by atoms with Crippen LogP contribution in [0.3, 0.4) is 0 Å². The average molecular weight is 285 g/mol. The smallest absolute Gasteiger partial charge is 0.118 e. The second-order valence-corrected chi connectivity index (χ2v) is 5.47. The molecule has 0 amide bonds. The molecule has 0 aliphatic heterocycles. The molecule has 0 unspecified atom stereocenters. The predicted molar refractivity (Wildman–Crippen MR) is 83.1 cm³/mol. The number of benzene rings is 2. The topological polar surface area (TPSA) is 63.9 Å². The molecule has 0 aliphatic rings. The van der Waals surface area contributed by atoms with Crippen molar-refractivity contribution < 1.29 is 4.74 Å². The predicted octanol–water partition coefficient (Wildman–Crippen LogP) is 3.45. The Kier molecular flexibility index (Phi) is 3.52. The monoisotopic (exact) mass is 285 g/mol. The molecule has 1 aromatic heterocycles. The largest absolute Gasteiger partial charge is 0.497 e. The molecule has 4 nitrogen and oxygen atoms in total. The summed E-state index contributed by atoms with van der Waals surface area (Å²) in [4.78, 5) is 9.02. The Labute approximate surface area is 121 Å². The zero-order valence-electron chi connectivity index (χ0n) is 11.1. The molecule has 0 fully saturated rings. The summed E-state index contributed by atoms with van der Waals surface area (Å²) in [5.74, 6) is 2.61. The minimum atomic E-state index is 0.746. The van der Waals surface area contributed by atoms with Crippen molar-refractivity contribution in [1.82, 2.24) is 9.97 Å². The lowest BCUT2D eigenvalue weighted by atomic mass is 10.3. The summed E-state index contributed by atoms with van der Waals surface area (Å²) >= 11 is 1.73. The number of anilines is 1. The fourth-order valence-corrected chi connectivity index (χ4v) is 2.74. The van der Waals surface area contributed by atoms with Gasteiger partial charge in [0, 0.05) is 10.6 Å². The normalized spacial score (nSPS) is 10.8. The van der Waals surface area contributed by atoms with Gasteiger partial charge in [-0.2, -0.15) is 0 Å².